The van der Waals surface area contributed by atoms with Crippen molar-refractivity contribution < 1.29 is 0 Å². The van der Waals surface area contributed by atoms with Crippen molar-refractivity contribution in [1.82, 2.24) is 5.32 Å². The lowest BCUT2D eigenvalue weighted by molar-refractivity contribution is 0.475. The van der Waals surface area contributed by atoms with Crippen LogP contribution in [0.15, 0.2) is 16.6 Å². The van der Waals surface area contributed by atoms with Crippen LogP contribution >= 0.6 is 15.9 Å². The van der Waals surface area contributed by atoms with Gasteiger partial charge in [0.05, 0.1) is 0 Å². The number of fused-ring (bicyclic) bond motifs is 1. The molecule has 0 spiro atoms. The van der Waals surface area contributed by atoms with E-state index in [0.29, 0.717) is 11.8 Å². The Labute approximate surface area is 107 Å². The van der Waals surface area contributed by atoms with Crippen LogP contribution in [0.1, 0.15) is 36.5 Å². The fraction of sp³-hybridized carbons (Fsp3) is 0.571. The van der Waals surface area contributed by atoms with Crippen molar-refractivity contribution in [1.29, 1.82) is 0 Å². The van der Waals surface area contributed by atoms with Gasteiger partial charge in [0.1, 0.15) is 0 Å². The summed E-state index contributed by atoms with van der Waals surface area (Å²) in [5.41, 5.74) is 4.42. The van der Waals surface area contributed by atoms with E-state index in [1.807, 2.05) is 0 Å². The average Bonchev–Trinajstić information content (AvgIpc) is 2.41. The highest BCUT2D eigenvalue weighted by molar-refractivity contribution is 9.10. The maximum absolute atomic E-state index is 3.66. The second kappa shape index (κ2) is 4.89. The van der Waals surface area contributed by atoms with Gasteiger partial charge in [0.2, 0.25) is 0 Å². The SMILES string of the molecule is Cc1cc2c(cc1Br)C(C(C)C)CNCC2. The molecular weight excluding hydrogens is 262 g/mol. The van der Waals surface area contributed by atoms with Crippen LogP contribution in [0.25, 0.3) is 0 Å². The zero-order valence-electron chi connectivity index (χ0n) is 10.3. The summed E-state index contributed by atoms with van der Waals surface area (Å²) in [6.07, 6.45) is 1.16. The Kier molecular flexibility index (Phi) is 3.70. The lowest BCUT2D eigenvalue weighted by Crippen LogP contribution is -2.23. The number of hydrogen-bond acceptors (Lipinski definition) is 1. The lowest BCUT2D eigenvalue weighted by atomic mass is 9.85. The molecule has 0 aliphatic carbocycles. The van der Waals surface area contributed by atoms with Crippen molar-refractivity contribution in [3.8, 4) is 0 Å². The third-order valence-corrected chi connectivity index (χ3v) is 4.41. The molecule has 0 fully saturated rings. The fourth-order valence-corrected chi connectivity index (χ4v) is 2.86. The molecule has 2 rings (SSSR count). The highest BCUT2D eigenvalue weighted by Crippen LogP contribution is 2.32. The van der Waals surface area contributed by atoms with E-state index in [1.54, 1.807) is 0 Å². The number of nitrogens with one attached hydrogen (secondary N) is 1. The van der Waals surface area contributed by atoms with E-state index in [2.05, 4.69) is 54.2 Å². The van der Waals surface area contributed by atoms with E-state index in [-0.39, 0.29) is 0 Å². The predicted molar refractivity (Wildman–Crippen MR) is 73.0 cm³/mol. The van der Waals surface area contributed by atoms with Gasteiger partial charge in [-0.3, -0.25) is 0 Å². The van der Waals surface area contributed by atoms with Gasteiger partial charge < -0.3 is 5.32 Å². The molecule has 0 amide bonds. The highest BCUT2D eigenvalue weighted by Gasteiger charge is 2.21. The number of benzene rings is 1. The highest BCUT2D eigenvalue weighted by atomic mass is 79.9. The van der Waals surface area contributed by atoms with Crippen LogP contribution in [0.5, 0.6) is 0 Å². The first-order valence-electron chi connectivity index (χ1n) is 6.09. The van der Waals surface area contributed by atoms with Gasteiger partial charge in [-0.05, 0) is 54.5 Å². The molecule has 88 valence electrons. The Morgan fingerprint density at radius 1 is 1.38 bits per heavy atom. The first kappa shape index (κ1) is 12.1. The van der Waals surface area contributed by atoms with Crippen molar-refractivity contribution in [3.63, 3.8) is 0 Å². The molecule has 1 atom stereocenters. The second-order valence-corrected chi connectivity index (χ2v) is 5.96. The molecule has 1 aromatic rings. The maximum atomic E-state index is 3.66. The minimum absolute atomic E-state index is 0.648. The van der Waals surface area contributed by atoms with Crippen molar-refractivity contribution >= 4 is 15.9 Å². The quantitative estimate of drug-likeness (QED) is 0.829. The first-order valence-corrected chi connectivity index (χ1v) is 6.88. The zero-order valence-corrected chi connectivity index (χ0v) is 11.9. The molecule has 0 radical (unpaired) electrons. The Hall–Kier alpha value is -0.340. The molecular formula is C14H20BrN. The molecule has 1 N–H and O–H groups in total. The minimum atomic E-state index is 0.648. The third-order valence-electron chi connectivity index (χ3n) is 3.56. The fourth-order valence-electron chi connectivity index (χ4n) is 2.50. The molecule has 1 heterocycles. The summed E-state index contributed by atoms with van der Waals surface area (Å²) < 4.78 is 1.25. The molecule has 1 nitrogen and oxygen atoms in total. The van der Waals surface area contributed by atoms with Crippen molar-refractivity contribution in [2.45, 2.75) is 33.1 Å². The van der Waals surface area contributed by atoms with E-state index in [4.69, 9.17) is 0 Å². The Morgan fingerprint density at radius 3 is 2.81 bits per heavy atom. The van der Waals surface area contributed by atoms with Crippen LogP contribution in [0, 0.1) is 12.8 Å². The van der Waals surface area contributed by atoms with Gasteiger partial charge >= 0.3 is 0 Å². The number of hydrogen-bond donors (Lipinski definition) is 1. The summed E-state index contributed by atoms with van der Waals surface area (Å²) in [6.45, 7) is 9.02. The molecule has 0 saturated carbocycles. The van der Waals surface area contributed by atoms with Crippen LogP contribution in [-0.2, 0) is 6.42 Å². The third kappa shape index (κ3) is 2.33. The van der Waals surface area contributed by atoms with Crippen LogP contribution in [0.4, 0.5) is 0 Å². The van der Waals surface area contributed by atoms with Gasteiger partial charge in [0.15, 0.2) is 0 Å². The summed E-state index contributed by atoms with van der Waals surface area (Å²) >= 11 is 3.66. The maximum Gasteiger partial charge on any atom is 0.0207 e. The van der Waals surface area contributed by atoms with E-state index in [0.717, 1.165) is 19.5 Å². The summed E-state index contributed by atoms with van der Waals surface area (Å²) in [6, 6.07) is 4.68. The minimum Gasteiger partial charge on any atom is -0.316 e. The van der Waals surface area contributed by atoms with Crippen molar-refractivity contribution in [3.05, 3.63) is 33.3 Å². The average molecular weight is 282 g/mol. The molecule has 16 heavy (non-hydrogen) atoms. The summed E-state index contributed by atoms with van der Waals surface area (Å²) in [7, 11) is 0. The van der Waals surface area contributed by atoms with E-state index in [1.165, 1.54) is 21.2 Å². The Balaban J connectivity index is 2.48. The van der Waals surface area contributed by atoms with Crippen LogP contribution in [0.3, 0.4) is 0 Å². The van der Waals surface area contributed by atoms with E-state index in [9.17, 15) is 0 Å². The topological polar surface area (TPSA) is 12.0 Å². The van der Waals surface area contributed by atoms with Crippen molar-refractivity contribution in [2.24, 2.45) is 5.92 Å². The number of halogens is 1. The number of rotatable bonds is 1. The smallest absolute Gasteiger partial charge is 0.0207 e. The predicted octanol–water partition coefficient (Wildman–Crippen LogP) is 3.64. The molecule has 0 saturated heterocycles. The summed E-state index contributed by atoms with van der Waals surface area (Å²) in [5.74, 6) is 1.34. The van der Waals surface area contributed by atoms with Gasteiger partial charge in [-0.25, -0.2) is 0 Å². The molecule has 0 bridgehead atoms. The van der Waals surface area contributed by atoms with Gasteiger partial charge in [-0.15, -0.1) is 0 Å². The Bertz CT molecular complexity index is 385. The monoisotopic (exact) mass is 281 g/mol. The molecule has 2 heteroatoms. The van der Waals surface area contributed by atoms with Gasteiger partial charge in [-0.1, -0.05) is 35.8 Å². The Morgan fingerprint density at radius 2 is 2.12 bits per heavy atom. The molecule has 1 aliphatic rings. The van der Waals surface area contributed by atoms with Crippen LogP contribution in [0.2, 0.25) is 0 Å². The zero-order chi connectivity index (χ0) is 11.7. The van der Waals surface area contributed by atoms with Gasteiger partial charge in [-0.2, -0.15) is 0 Å². The first-order chi connectivity index (χ1) is 7.59. The summed E-state index contributed by atoms with van der Waals surface area (Å²) in [5, 5.41) is 3.55. The largest absolute Gasteiger partial charge is 0.316 e. The van der Waals surface area contributed by atoms with Crippen LogP contribution in [-0.4, -0.2) is 13.1 Å². The molecule has 1 unspecified atom stereocenters. The van der Waals surface area contributed by atoms with Gasteiger partial charge in [0.25, 0.3) is 0 Å². The molecule has 1 aliphatic heterocycles. The van der Waals surface area contributed by atoms with Crippen molar-refractivity contribution in [2.75, 3.05) is 13.1 Å². The normalized spacial score (nSPS) is 20.7. The molecule has 0 aromatic heterocycles. The number of aryl methyl sites for hydroxylation is 1. The second-order valence-electron chi connectivity index (χ2n) is 5.10. The summed E-state index contributed by atoms with van der Waals surface area (Å²) in [4.78, 5) is 0. The molecule has 1 aromatic carbocycles. The van der Waals surface area contributed by atoms with E-state index < -0.39 is 0 Å². The van der Waals surface area contributed by atoms with E-state index >= 15 is 0 Å². The van der Waals surface area contributed by atoms with Crippen LogP contribution < -0.4 is 5.32 Å². The standard InChI is InChI=1S/C14H20BrN/c1-9(2)13-8-16-5-4-11-6-10(3)14(15)7-12(11)13/h6-7,9,13,16H,4-5,8H2,1-3H3. The van der Waals surface area contributed by atoms with Gasteiger partial charge in [0, 0.05) is 11.0 Å². The lowest BCUT2D eigenvalue weighted by Gasteiger charge is -2.22.